The van der Waals surface area contributed by atoms with Gasteiger partial charge in [-0.2, -0.15) is 0 Å². The third-order valence-corrected chi connectivity index (χ3v) is 3.50. The fourth-order valence-corrected chi connectivity index (χ4v) is 2.25. The summed E-state index contributed by atoms with van der Waals surface area (Å²) < 4.78 is 10.5. The van der Waals surface area contributed by atoms with Crippen LogP contribution in [0.2, 0.25) is 0 Å². The molecule has 2 aromatic rings. The molecule has 6 nitrogen and oxygen atoms in total. The predicted molar refractivity (Wildman–Crippen MR) is 93.1 cm³/mol. The molecular formula is C19H21NO5. The number of carboxylic acid groups (broad SMARTS) is 1. The lowest BCUT2D eigenvalue weighted by Crippen LogP contribution is -2.26. The standard InChI is InChI=1S/C19H21NO5/c1-3-24-17-6-4-5-15(11-17)19(23)20-13(2)14-7-9-16(10-8-14)25-12-18(21)22/h4-11,13H,3,12H2,1-2H3,(H,20,23)(H,21,22). The molecule has 0 saturated carbocycles. The molecule has 0 saturated heterocycles. The first-order chi connectivity index (χ1) is 12.0. The molecule has 0 heterocycles. The molecule has 2 N–H and O–H groups in total. The number of carbonyl (C=O) groups excluding carboxylic acids is 1. The molecule has 1 atom stereocenters. The first-order valence-corrected chi connectivity index (χ1v) is 7.98. The number of carbonyl (C=O) groups is 2. The van der Waals surface area contributed by atoms with E-state index in [9.17, 15) is 9.59 Å². The Morgan fingerprint density at radius 2 is 1.80 bits per heavy atom. The average Bonchev–Trinajstić information content (AvgIpc) is 2.61. The van der Waals surface area contributed by atoms with Crippen molar-refractivity contribution >= 4 is 11.9 Å². The molecular weight excluding hydrogens is 322 g/mol. The number of hydrogen-bond donors (Lipinski definition) is 2. The van der Waals surface area contributed by atoms with Crippen LogP contribution in [-0.4, -0.2) is 30.2 Å². The predicted octanol–water partition coefficient (Wildman–Crippen LogP) is 3.04. The van der Waals surface area contributed by atoms with Gasteiger partial charge in [0.15, 0.2) is 6.61 Å². The van der Waals surface area contributed by atoms with E-state index in [1.54, 1.807) is 48.5 Å². The van der Waals surface area contributed by atoms with Crippen LogP contribution in [0.1, 0.15) is 35.8 Å². The molecule has 1 amide bonds. The maximum atomic E-state index is 12.4. The van der Waals surface area contributed by atoms with Crippen molar-refractivity contribution in [3.05, 3.63) is 59.7 Å². The van der Waals surface area contributed by atoms with Crippen LogP contribution in [0.3, 0.4) is 0 Å². The smallest absolute Gasteiger partial charge is 0.341 e. The lowest BCUT2D eigenvalue weighted by atomic mass is 10.1. The van der Waals surface area contributed by atoms with Gasteiger partial charge in [0.05, 0.1) is 12.6 Å². The third-order valence-electron chi connectivity index (χ3n) is 3.50. The molecule has 2 aromatic carbocycles. The Hall–Kier alpha value is -3.02. The van der Waals surface area contributed by atoms with Crippen LogP contribution < -0.4 is 14.8 Å². The molecule has 0 aliphatic rings. The summed E-state index contributed by atoms with van der Waals surface area (Å²) in [6.45, 7) is 3.91. The van der Waals surface area contributed by atoms with Gasteiger partial charge < -0.3 is 19.9 Å². The zero-order valence-electron chi connectivity index (χ0n) is 14.2. The number of benzene rings is 2. The van der Waals surface area contributed by atoms with E-state index in [1.807, 2.05) is 13.8 Å². The number of hydrogen-bond acceptors (Lipinski definition) is 4. The van der Waals surface area contributed by atoms with Crippen molar-refractivity contribution in [3.8, 4) is 11.5 Å². The molecule has 0 fully saturated rings. The fourth-order valence-electron chi connectivity index (χ4n) is 2.25. The first-order valence-electron chi connectivity index (χ1n) is 7.98. The average molecular weight is 343 g/mol. The van der Waals surface area contributed by atoms with Crippen molar-refractivity contribution in [1.29, 1.82) is 0 Å². The van der Waals surface area contributed by atoms with Crippen LogP contribution in [0.4, 0.5) is 0 Å². The van der Waals surface area contributed by atoms with E-state index in [-0.39, 0.29) is 18.6 Å². The number of rotatable bonds is 8. The van der Waals surface area contributed by atoms with Gasteiger partial charge in [0.1, 0.15) is 11.5 Å². The number of carboxylic acids is 1. The normalized spacial score (nSPS) is 11.4. The zero-order valence-corrected chi connectivity index (χ0v) is 14.2. The summed E-state index contributed by atoms with van der Waals surface area (Å²) in [5.74, 6) is -0.101. The minimum absolute atomic E-state index is 0.194. The van der Waals surface area contributed by atoms with Gasteiger partial charge in [0.2, 0.25) is 0 Å². The van der Waals surface area contributed by atoms with E-state index < -0.39 is 5.97 Å². The van der Waals surface area contributed by atoms with Gasteiger partial charge in [-0.25, -0.2) is 4.79 Å². The highest BCUT2D eigenvalue weighted by molar-refractivity contribution is 5.94. The Morgan fingerprint density at radius 3 is 2.44 bits per heavy atom. The van der Waals surface area contributed by atoms with E-state index in [0.29, 0.717) is 23.7 Å². The second-order valence-electron chi connectivity index (χ2n) is 5.41. The summed E-state index contributed by atoms with van der Waals surface area (Å²) in [6, 6.07) is 13.7. The van der Waals surface area contributed by atoms with Gasteiger partial charge in [-0.1, -0.05) is 18.2 Å². The topological polar surface area (TPSA) is 84.9 Å². The van der Waals surface area contributed by atoms with Gasteiger partial charge in [0, 0.05) is 5.56 Å². The van der Waals surface area contributed by atoms with Crippen molar-refractivity contribution < 1.29 is 24.2 Å². The Kier molecular flexibility index (Phi) is 6.39. The number of aliphatic carboxylic acids is 1. The van der Waals surface area contributed by atoms with Crippen molar-refractivity contribution in [2.24, 2.45) is 0 Å². The maximum absolute atomic E-state index is 12.4. The van der Waals surface area contributed by atoms with E-state index in [4.69, 9.17) is 14.6 Å². The molecule has 0 aliphatic heterocycles. The van der Waals surface area contributed by atoms with Crippen molar-refractivity contribution in [2.75, 3.05) is 13.2 Å². The second-order valence-corrected chi connectivity index (χ2v) is 5.41. The first kappa shape index (κ1) is 18.3. The van der Waals surface area contributed by atoms with Crippen LogP contribution in [0.25, 0.3) is 0 Å². The molecule has 132 valence electrons. The van der Waals surface area contributed by atoms with E-state index in [1.165, 1.54) is 0 Å². The highest BCUT2D eigenvalue weighted by Crippen LogP contribution is 2.19. The van der Waals surface area contributed by atoms with Gasteiger partial charge >= 0.3 is 5.97 Å². The molecule has 2 rings (SSSR count). The van der Waals surface area contributed by atoms with Crippen molar-refractivity contribution in [3.63, 3.8) is 0 Å². The highest BCUT2D eigenvalue weighted by atomic mass is 16.5. The summed E-state index contributed by atoms with van der Waals surface area (Å²) in [5.41, 5.74) is 1.41. The minimum Gasteiger partial charge on any atom is -0.494 e. The van der Waals surface area contributed by atoms with Gasteiger partial charge in [-0.3, -0.25) is 4.79 Å². The summed E-state index contributed by atoms with van der Waals surface area (Å²) in [6.07, 6.45) is 0. The zero-order chi connectivity index (χ0) is 18.2. The number of nitrogens with one attached hydrogen (secondary N) is 1. The SMILES string of the molecule is CCOc1cccc(C(=O)NC(C)c2ccc(OCC(=O)O)cc2)c1. The van der Waals surface area contributed by atoms with Gasteiger partial charge in [0.25, 0.3) is 5.91 Å². The Morgan fingerprint density at radius 1 is 1.08 bits per heavy atom. The molecule has 0 radical (unpaired) electrons. The molecule has 1 unspecified atom stereocenters. The largest absolute Gasteiger partial charge is 0.494 e. The monoisotopic (exact) mass is 343 g/mol. The molecule has 0 aliphatic carbocycles. The molecule has 0 aromatic heterocycles. The quantitative estimate of drug-likeness (QED) is 0.769. The number of amides is 1. The fraction of sp³-hybridized carbons (Fsp3) is 0.263. The lowest BCUT2D eigenvalue weighted by molar-refractivity contribution is -0.139. The number of ether oxygens (including phenoxy) is 2. The van der Waals surface area contributed by atoms with Crippen LogP contribution in [0.5, 0.6) is 11.5 Å². The Bertz CT molecular complexity index is 727. The summed E-state index contributed by atoms with van der Waals surface area (Å²) >= 11 is 0. The molecule has 0 spiro atoms. The summed E-state index contributed by atoms with van der Waals surface area (Å²) in [7, 11) is 0. The van der Waals surface area contributed by atoms with E-state index >= 15 is 0 Å². The van der Waals surface area contributed by atoms with Crippen LogP contribution in [0, 0.1) is 0 Å². The summed E-state index contributed by atoms with van der Waals surface area (Å²) in [4.78, 5) is 22.9. The molecule has 0 bridgehead atoms. The van der Waals surface area contributed by atoms with Crippen LogP contribution >= 0.6 is 0 Å². The van der Waals surface area contributed by atoms with E-state index in [2.05, 4.69) is 5.32 Å². The maximum Gasteiger partial charge on any atom is 0.341 e. The van der Waals surface area contributed by atoms with Crippen LogP contribution in [0.15, 0.2) is 48.5 Å². The van der Waals surface area contributed by atoms with Gasteiger partial charge in [-0.15, -0.1) is 0 Å². The third kappa shape index (κ3) is 5.53. The Labute approximate surface area is 146 Å². The van der Waals surface area contributed by atoms with Crippen molar-refractivity contribution in [2.45, 2.75) is 19.9 Å². The second kappa shape index (κ2) is 8.73. The van der Waals surface area contributed by atoms with Crippen LogP contribution in [-0.2, 0) is 4.79 Å². The lowest BCUT2D eigenvalue weighted by Gasteiger charge is -2.15. The van der Waals surface area contributed by atoms with E-state index in [0.717, 1.165) is 5.56 Å². The summed E-state index contributed by atoms with van der Waals surface area (Å²) in [5, 5.41) is 11.5. The van der Waals surface area contributed by atoms with Crippen molar-refractivity contribution in [1.82, 2.24) is 5.32 Å². The minimum atomic E-state index is -1.03. The Balaban J connectivity index is 1.98. The highest BCUT2D eigenvalue weighted by Gasteiger charge is 2.12. The molecule has 6 heteroatoms. The molecule has 25 heavy (non-hydrogen) atoms. The van der Waals surface area contributed by atoms with Gasteiger partial charge in [-0.05, 0) is 49.7 Å².